The normalized spacial score (nSPS) is 15.8. The second-order valence-corrected chi connectivity index (χ2v) is 13.2. The van der Waals surface area contributed by atoms with Crippen LogP contribution in [0.2, 0.25) is 14.8 Å². The molecule has 0 spiro atoms. The molecule has 4 nitrogen and oxygen atoms in total. The van der Waals surface area contributed by atoms with Gasteiger partial charge in [-0.25, -0.2) is 0 Å². The number of aromatic nitrogens is 1. The molecule has 1 aliphatic carbocycles. The first kappa shape index (κ1) is 26.9. The zero-order chi connectivity index (χ0) is 26.9. The van der Waals surface area contributed by atoms with Crippen LogP contribution in [-0.2, 0) is 21.4 Å². The molecule has 193 valence electrons. The number of hydrogen-bond donors (Lipinski definition) is 1. The summed E-state index contributed by atoms with van der Waals surface area (Å²) in [5.41, 5.74) is 2.46. The van der Waals surface area contributed by atoms with Gasteiger partial charge in [0, 0.05) is 0 Å². The topological polar surface area (TPSA) is 67.3 Å². The van der Waals surface area contributed by atoms with Crippen LogP contribution in [0.1, 0.15) is 36.8 Å². The number of halogens is 3. The zero-order valence-corrected chi connectivity index (χ0v) is 23.7. The van der Waals surface area contributed by atoms with E-state index in [0.29, 0.717) is 16.2 Å². The molecule has 1 atom stereocenters. The predicted octanol–water partition coefficient (Wildman–Crippen LogP) is 7.51. The molecular weight excluding hydrogens is 587 g/mol. The van der Waals surface area contributed by atoms with Crippen LogP contribution >= 0.6 is 23.2 Å². The van der Waals surface area contributed by atoms with Gasteiger partial charge in [0.1, 0.15) is 0 Å². The summed E-state index contributed by atoms with van der Waals surface area (Å²) in [6.07, 6.45) is 3.64. The van der Waals surface area contributed by atoms with Gasteiger partial charge in [0.05, 0.1) is 0 Å². The summed E-state index contributed by atoms with van der Waals surface area (Å²) in [7, 11) is 0. The number of carbonyl (C=O) groups excluding carboxylic acids is 1. The molecule has 1 aliphatic rings. The minimum atomic E-state index is -1.11. The van der Waals surface area contributed by atoms with Crippen molar-refractivity contribution >= 4 is 60.4 Å². The molecule has 3 aromatic carbocycles. The van der Waals surface area contributed by atoms with Crippen LogP contribution < -0.4 is 0 Å². The number of rotatable bonds is 8. The Hall–Kier alpha value is -2.72. The number of benzene rings is 3. The molecule has 4 aromatic rings. The van der Waals surface area contributed by atoms with Crippen LogP contribution in [0, 0.1) is 5.82 Å². The number of fused-ring (bicyclic) bond motifs is 1. The van der Waals surface area contributed by atoms with Crippen LogP contribution in [0.3, 0.4) is 0 Å². The van der Waals surface area contributed by atoms with Crippen molar-refractivity contribution < 1.29 is 19.1 Å². The Morgan fingerprint density at radius 2 is 1.74 bits per heavy atom. The van der Waals surface area contributed by atoms with Gasteiger partial charge in [-0.15, -0.1) is 0 Å². The Morgan fingerprint density at radius 1 is 1.00 bits per heavy atom. The van der Waals surface area contributed by atoms with Crippen molar-refractivity contribution in [3.63, 3.8) is 0 Å². The van der Waals surface area contributed by atoms with Crippen molar-refractivity contribution in [2.75, 3.05) is 0 Å². The Bertz CT molecular complexity index is 1500. The van der Waals surface area contributed by atoms with E-state index in [1.165, 1.54) is 6.07 Å². The van der Waals surface area contributed by atoms with E-state index in [2.05, 4.69) is 4.98 Å². The molecule has 1 saturated carbocycles. The van der Waals surface area contributed by atoms with Gasteiger partial charge >= 0.3 is 238 Å². The van der Waals surface area contributed by atoms with Gasteiger partial charge in [0.25, 0.3) is 0 Å². The van der Waals surface area contributed by atoms with Crippen molar-refractivity contribution in [1.29, 1.82) is 0 Å². The van der Waals surface area contributed by atoms with Crippen LogP contribution in [0.25, 0.3) is 22.2 Å². The van der Waals surface area contributed by atoms with Gasteiger partial charge < -0.3 is 0 Å². The van der Waals surface area contributed by atoms with Crippen molar-refractivity contribution in [2.45, 2.75) is 42.2 Å². The molecule has 0 saturated heterocycles. The molecule has 0 aliphatic heterocycles. The fourth-order valence-corrected chi connectivity index (χ4v) is 8.34. The average Bonchev–Trinajstić information content (AvgIpc) is 3.40. The number of pyridine rings is 1. The first-order valence-electron chi connectivity index (χ1n) is 12.3. The standard InChI is InChI=1S/C30H24AsCl2FNO3/c32-21-10-8-20(9-11-21)30(14-1-2-15-30)29(38)31-22(28(36)37)17-18-6-12-25-19(16-18)7-13-26(35-25)27-23(33)4-3-5-24(27)34/h3-13,16,22H,1-2,14-15,17H2,(H,36,37). The quantitative estimate of drug-likeness (QED) is 0.210. The summed E-state index contributed by atoms with van der Waals surface area (Å²) in [6.45, 7) is 0. The zero-order valence-electron chi connectivity index (χ0n) is 20.3. The molecule has 0 amide bonds. The van der Waals surface area contributed by atoms with Crippen molar-refractivity contribution in [2.24, 2.45) is 0 Å². The van der Waals surface area contributed by atoms with Gasteiger partial charge in [-0.3, -0.25) is 0 Å². The molecule has 1 radical (unpaired) electrons. The van der Waals surface area contributed by atoms with E-state index < -0.39 is 37.7 Å². The first-order valence-corrected chi connectivity index (χ1v) is 15.1. The third-order valence-corrected chi connectivity index (χ3v) is 10.7. The summed E-state index contributed by atoms with van der Waals surface area (Å²) in [5, 5.41) is 11.7. The third-order valence-electron chi connectivity index (χ3n) is 7.22. The van der Waals surface area contributed by atoms with E-state index in [0.717, 1.165) is 42.2 Å². The van der Waals surface area contributed by atoms with Crippen LogP contribution in [-0.4, -0.2) is 36.4 Å². The number of carboxylic acid groups (broad SMARTS) is 1. The second-order valence-electron chi connectivity index (χ2n) is 9.61. The molecule has 0 bridgehead atoms. The van der Waals surface area contributed by atoms with E-state index in [4.69, 9.17) is 23.2 Å². The second kappa shape index (κ2) is 11.2. The van der Waals surface area contributed by atoms with Gasteiger partial charge in [0.2, 0.25) is 0 Å². The Kier molecular flexibility index (Phi) is 7.90. The molecule has 38 heavy (non-hydrogen) atoms. The Morgan fingerprint density at radius 3 is 2.42 bits per heavy atom. The van der Waals surface area contributed by atoms with Crippen molar-refractivity contribution in [3.05, 3.63) is 99.8 Å². The fourth-order valence-electron chi connectivity index (χ4n) is 5.23. The summed E-state index contributed by atoms with van der Waals surface area (Å²) in [6, 6.07) is 21.0. The third kappa shape index (κ3) is 5.38. The van der Waals surface area contributed by atoms with Gasteiger partial charge in [-0.2, -0.15) is 0 Å². The number of carbonyl (C=O) groups is 2. The average molecular weight is 611 g/mol. The molecule has 1 N–H and O–H groups in total. The molecular formula is C30H24AsCl2FNO3. The van der Waals surface area contributed by atoms with E-state index in [-0.39, 0.29) is 21.6 Å². The van der Waals surface area contributed by atoms with Gasteiger partial charge in [0.15, 0.2) is 0 Å². The molecule has 1 aromatic heterocycles. The van der Waals surface area contributed by atoms with Gasteiger partial charge in [-0.05, 0) is 0 Å². The van der Waals surface area contributed by atoms with E-state index in [9.17, 15) is 19.1 Å². The summed E-state index contributed by atoms with van der Waals surface area (Å²) < 4.78 is 13.7. The SMILES string of the molecule is O=C(O)C(Cc1ccc2nc(-c3c(F)cccc3Cl)ccc2c1)[As]C(=O)C1(c2ccc(Cl)cc2)CCCC1. The summed E-state index contributed by atoms with van der Waals surface area (Å²) >= 11 is 11.2. The fraction of sp³-hybridized carbons (Fsp3) is 0.233. The Balaban J connectivity index is 1.38. The molecule has 5 rings (SSSR count). The summed E-state index contributed by atoms with van der Waals surface area (Å²) in [5.74, 6) is -1.40. The molecule has 8 heteroatoms. The van der Waals surface area contributed by atoms with Crippen LogP contribution in [0.5, 0.6) is 0 Å². The van der Waals surface area contributed by atoms with E-state index in [1.54, 1.807) is 36.4 Å². The number of carboxylic acids is 1. The minimum absolute atomic E-state index is 0.0647. The van der Waals surface area contributed by atoms with Gasteiger partial charge in [-0.1, -0.05) is 0 Å². The Labute approximate surface area is 236 Å². The predicted molar refractivity (Wildman–Crippen MR) is 150 cm³/mol. The van der Waals surface area contributed by atoms with Crippen LogP contribution in [0.4, 0.5) is 4.39 Å². The maximum absolute atomic E-state index is 14.4. The monoisotopic (exact) mass is 610 g/mol. The van der Waals surface area contributed by atoms with Crippen molar-refractivity contribution in [1.82, 2.24) is 4.98 Å². The van der Waals surface area contributed by atoms with Crippen molar-refractivity contribution in [3.8, 4) is 11.3 Å². The maximum atomic E-state index is 14.4. The molecule has 1 fully saturated rings. The summed E-state index contributed by atoms with van der Waals surface area (Å²) in [4.78, 5) is 30.5. The number of hydrogen-bond acceptors (Lipinski definition) is 3. The number of aliphatic carboxylic acids is 1. The first-order chi connectivity index (χ1) is 18.3. The molecule has 1 heterocycles. The van der Waals surface area contributed by atoms with Crippen LogP contribution in [0.15, 0.2) is 72.8 Å². The number of nitrogens with zero attached hydrogens (tertiary/aromatic N) is 1. The van der Waals surface area contributed by atoms with E-state index >= 15 is 0 Å². The van der Waals surface area contributed by atoms with E-state index in [1.807, 2.05) is 30.3 Å². The molecule has 1 unspecified atom stereocenters.